The van der Waals surface area contributed by atoms with Crippen molar-refractivity contribution in [1.82, 2.24) is 4.98 Å². The van der Waals surface area contributed by atoms with Gasteiger partial charge in [-0.1, -0.05) is 40.5 Å². The maximum Gasteiger partial charge on any atom is 0.129 e. The van der Waals surface area contributed by atoms with Gasteiger partial charge in [-0.3, -0.25) is 4.98 Å². The van der Waals surface area contributed by atoms with Crippen molar-refractivity contribution in [3.63, 3.8) is 0 Å². The van der Waals surface area contributed by atoms with Crippen LogP contribution in [0.2, 0.25) is 10.0 Å². The largest absolute Gasteiger partial charge is 0.390 e. The number of nitrogens with zero attached hydrogens (tertiary/aromatic N) is 2. The molecule has 1 heterocycles. The Hall–Kier alpha value is -1.58. The fraction of sp³-hybridized carbons (Fsp3) is 0.294. The van der Waals surface area contributed by atoms with Gasteiger partial charge in [-0.05, 0) is 44.5 Å². The molecule has 1 aromatic heterocycles. The first kappa shape index (κ1) is 16.8. The maximum atomic E-state index is 6.30. The van der Waals surface area contributed by atoms with Crippen LogP contribution in [0.25, 0.3) is 0 Å². The molecule has 0 N–H and O–H groups in total. The molecule has 0 atom stereocenters. The van der Waals surface area contributed by atoms with E-state index in [1.807, 2.05) is 39.0 Å². The molecule has 0 saturated carbocycles. The van der Waals surface area contributed by atoms with Crippen molar-refractivity contribution >= 4 is 28.9 Å². The van der Waals surface area contributed by atoms with Crippen LogP contribution in [-0.4, -0.2) is 16.3 Å². The number of halogens is 2. The van der Waals surface area contributed by atoms with Crippen molar-refractivity contribution in [1.29, 1.82) is 0 Å². The van der Waals surface area contributed by atoms with Gasteiger partial charge in [0.15, 0.2) is 0 Å². The predicted molar refractivity (Wildman–Crippen MR) is 91.8 cm³/mol. The summed E-state index contributed by atoms with van der Waals surface area (Å²) in [4.78, 5) is 9.71. The molecule has 0 spiro atoms. The van der Waals surface area contributed by atoms with E-state index < -0.39 is 0 Å². The molecule has 0 saturated heterocycles. The Bertz CT molecular complexity index is 664. The molecule has 0 bridgehead atoms. The molecule has 0 aliphatic heterocycles. The van der Waals surface area contributed by atoms with E-state index in [0.717, 1.165) is 16.8 Å². The molecule has 116 valence electrons. The van der Waals surface area contributed by atoms with Crippen LogP contribution in [0.1, 0.15) is 31.9 Å². The van der Waals surface area contributed by atoms with Crippen molar-refractivity contribution in [3.05, 3.63) is 63.9 Å². The number of hydrogen-bond acceptors (Lipinski definition) is 3. The molecule has 1 aromatic carbocycles. The quantitative estimate of drug-likeness (QED) is 0.571. The normalized spacial score (nSPS) is 12.3. The highest BCUT2D eigenvalue weighted by Crippen LogP contribution is 2.23. The molecule has 2 rings (SSSR count). The van der Waals surface area contributed by atoms with Gasteiger partial charge >= 0.3 is 0 Å². The molecule has 0 radical (unpaired) electrons. The van der Waals surface area contributed by atoms with E-state index in [1.165, 1.54) is 0 Å². The van der Waals surface area contributed by atoms with Crippen LogP contribution in [0.5, 0.6) is 0 Å². The Morgan fingerprint density at radius 3 is 2.59 bits per heavy atom. The van der Waals surface area contributed by atoms with Gasteiger partial charge in [0.1, 0.15) is 5.60 Å². The summed E-state index contributed by atoms with van der Waals surface area (Å²) in [7, 11) is 0. The molecule has 0 fully saturated rings. The summed E-state index contributed by atoms with van der Waals surface area (Å²) in [5.41, 5.74) is 2.20. The van der Waals surface area contributed by atoms with Gasteiger partial charge in [-0.15, -0.1) is 0 Å². The number of rotatable bonds is 4. The fourth-order valence-corrected chi connectivity index (χ4v) is 2.31. The van der Waals surface area contributed by atoms with Crippen molar-refractivity contribution < 1.29 is 4.84 Å². The van der Waals surface area contributed by atoms with Gasteiger partial charge in [0.2, 0.25) is 0 Å². The standard InChI is InChI=1S/C17H18Cl2N2O/c1-17(2,3)22-21-16(9-12-5-4-8-20-11-12)14-7-6-13(18)10-15(14)19/h4-8,10-11H,9H2,1-3H3. The zero-order valence-corrected chi connectivity index (χ0v) is 14.3. The minimum absolute atomic E-state index is 0.376. The van der Waals surface area contributed by atoms with Crippen molar-refractivity contribution in [2.75, 3.05) is 0 Å². The Kier molecular flexibility index (Phi) is 5.43. The summed E-state index contributed by atoms with van der Waals surface area (Å²) in [6, 6.07) is 9.23. The average molecular weight is 337 g/mol. The van der Waals surface area contributed by atoms with Gasteiger partial charge in [0.25, 0.3) is 0 Å². The fourth-order valence-electron chi connectivity index (χ4n) is 1.79. The molecule has 2 aromatic rings. The average Bonchev–Trinajstić information content (AvgIpc) is 2.44. The van der Waals surface area contributed by atoms with Gasteiger partial charge in [-0.2, -0.15) is 0 Å². The molecular weight excluding hydrogens is 319 g/mol. The number of aromatic nitrogens is 1. The smallest absolute Gasteiger partial charge is 0.129 e. The Balaban J connectivity index is 2.36. The topological polar surface area (TPSA) is 34.5 Å². The zero-order valence-electron chi connectivity index (χ0n) is 12.8. The van der Waals surface area contributed by atoms with Crippen LogP contribution in [0, 0.1) is 0 Å². The first-order valence-electron chi connectivity index (χ1n) is 6.94. The monoisotopic (exact) mass is 336 g/mol. The lowest BCUT2D eigenvalue weighted by molar-refractivity contribution is 0.000779. The molecule has 0 aliphatic rings. The van der Waals surface area contributed by atoms with E-state index in [-0.39, 0.29) is 5.60 Å². The number of pyridine rings is 1. The molecular formula is C17H18Cl2N2O. The first-order chi connectivity index (χ1) is 10.3. The summed E-state index contributed by atoms with van der Waals surface area (Å²) in [6.45, 7) is 5.84. The molecule has 22 heavy (non-hydrogen) atoms. The van der Waals surface area contributed by atoms with Crippen molar-refractivity contribution in [3.8, 4) is 0 Å². The lowest BCUT2D eigenvalue weighted by Crippen LogP contribution is -2.18. The summed E-state index contributed by atoms with van der Waals surface area (Å²) >= 11 is 12.3. The highest BCUT2D eigenvalue weighted by atomic mass is 35.5. The Labute approximate surface area is 140 Å². The van der Waals surface area contributed by atoms with Gasteiger partial charge in [0, 0.05) is 29.4 Å². The minimum atomic E-state index is -0.376. The van der Waals surface area contributed by atoms with E-state index in [1.54, 1.807) is 24.5 Å². The molecule has 5 heteroatoms. The van der Waals surface area contributed by atoms with Crippen LogP contribution < -0.4 is 0 Å². The number of hydrogen-bond donors (Lipinski definition) is 0. The van der Waals surface area contributed by atoms with E-state index in [4.69, 9.17) is 28.0 Å². The summed E-state index contributed by atoms with van der Waals surface area (Å²) in [5, 5.41) is 5.45. The highest BCUT2D eigenvalue weighted by Gasteiger charge is 2.15. The summed E-state index contributed by atoms with van der Waals surface area (Å²) in [6.07, 6.45) is 4.11. The number of benzene rings is 1. The lowest BCUT2D eigenvalue weighted by Gasteiger charge is -2.17. The third-order valence-corrected chi connectivity index (χ3v) is 3.31. The summed E-state index contributed by atoms with van der Waals surface area (Å²) < 4.78 is 0. The Morgan fingerprint density at radius 2 is 2.00 bits per heavy atom. The lowest BCUT2D eigenvalue weighted by atomic mass is 10.0. The van der Waals surface area contributed by atoms with Crippen LogP contribution in [0.15, 0.2) is 47.9 Å². The second-order valence-electron chi connectivity index (χ2n) is 5.90. The van der Waals surface area contributed by atoms with Crippen LogP contribution in [-0.2, 0) is 11.3 Å². The van der Waals surface area contributed by atoms with E-state index >= 15 is 0 Å². The van der Waals surface area contributed by atoms with E-state index in [2.05, 4.69) is 10.1 Å². The molecule has 3 nitrogen and oxygen atoms in total. The second-order valence-corrected chi connectivity index (χ2v) is 6.75. The van der Waals surface area contributed by atoms with Crippen LogP contribution >= 0.6 is 23.2 Å². The number of oxime groups is 1. The molecule has 0 unspecified atom stereocenters. The molecule has 0 amide bonds. The highest BCUT2D eigenvalue weighted by molar-refractivity contribution is 6.37. The van der Waals surface area contributed by atoms with Crippen LogP contribution in [0.3, 0.4) is 0 Å². The third kappa shape index (κ3) is 5.00. The van der Waals surface area contributed by atoms with E-state index in [0.29, 0.717) is 16.5 Å². The van der Waals surface area contributed by atoms with Crippen LogP contribution in [0.4, 0.5) is 0 Å². The Morgan fingerprint density at radius 1 is 1.23 bits per heavy atom. The second kappa shape index (κ2) is 7.12. The minimum Gasteiger partial charge on any atom is -0.390 e. The zero-order chi connectivity index (χ0) is 16.2. The first-order valence-corrected chi connectivity index (χ1v) is 7.70. The van der Waals surface area contributed by atoms with Crippen molar-refractivity contribution in [2.45, 2.75) is 32.8 Å². The van der Waals surface area contributed by atoms with E-state index in [9.17, 15) is 0 Å². The predicted octanol–water partition coefficient (Wildman–Crippen LogP) is 5.15. The van der Waals surface area contributed by atoms with Crippen molar-refractivity contribution in [2.24, 2.45) is 5.16 Å². The van der Waals surface area contributed by atoms with Gasteiger partial charge < -0.3 is 4.84 Å². The third-order valence-electron chi connectivity index (χ3n) is 2.77. The SMILES string of the molecule is CC(C)(C)ON=C(Cc1cccnc1)c1ccc(Cl)cc1Cl. The molecule has 0 aliphatic carbocycles. The summed E-state index contributed by atoms with van der Waals surface area (Å²) in [5.74, 6) is 0. The van der Waals surface area contributed by atoms with Gasteiger partial charge in [0.05, 0.1) is 10.7 Å². The maximum absolute atomic E-state index is 6.30. The van der Waals surface area contributed by atoms with Gasteiger partial charge in [-0.25, -0.2) is 0 Å².